The highest BCUT2D eigenvalue weighted by Gasteiger charge is 2.15. The Labute approximate surface area is 162 Å². The molecule has 2 aromatic rings. The Morgan fingerprint density at radius 1 is 1.12 bits per heavy atom. The highest BCUT2D eigenvalue weighted by molar-refractivity contribution is 6.42. The Bertz CT molecular complexity index is 796. The van der Waals surface area contributed by atoms with E-state index in [9.17, 15) is 9.59 Å². The lowest BCUT2D eigenvalue weighted by atomic mass is 10.2. The lowest BCUT2D eigenvalue weighted by Crippen LogP contribution is -2.33. The predicted molar refractivity (Wildman–Crippen MR) is 104 cm³/mol. The van der Waals surface area contributed by atoms with Crippen molar-refractivity contribution in [2.24, 2.45) is 0 Å². The average Bonchev–Trinajstić information content (AvgIpc) is 2.63. The molecule has 0 aliphatic rings. The topological polar surface area (TPSA) is 58.6 Å². The van der Waals surface area contributed by atoms with E-state index in [2.05, 4.69) is 5.32 Å². The molecule has 0 bridgehead atoms. The smallest absolute Gasteiger partial charge is 0.223 e. The van der Waals surface area contributed by atoms with Gasteiger partial charge in [0.2, 0.25) is 11.8 Å². The Morgan fingerprint density at radius 3 is 2.50 bits per heavy atom. The molecule has 0 heterocycles. The van der Waals surface area contributed by atoms with Gasteiger partial charge in [-0.1, -0.05) is 41.4 Å². The van der Waals surface area contributed by atoms with Crippen molar-refractivity contribution in [3.05, 3.63) is 58.1 Å². The number of nitrogens with one attached hydrogen (secondary N) is 1. The van der Waals surface area contributed by atoms with Gasteiger partial charge in [-0.3, -0.25) is 9.59 Å². The van der Waals surface area contributed by atoms with Gasteiger partial charge in [0.05, 0.1) is 17.2 Å². The first kappa shape index (κ1) is 20.1. The predicted octanol–water partition coefficient (Wildman–Crippen LogP) is 4.06. The zero-order valence-corrected chi connectivity index (χ0v) is 16.1. The van der Waals surface area contributed by atoms with Gasteiger partial charge >= 0.3 is 0 Å². The molecule has 1 N–H and O–H groups in total. The minimum absolute atomic E-state index is 0.162. The third-order valence-corrected chi connectivity index (χ3v) is 4.57. The Morgan fingerprint density at radius 2 is 1.85 bits per heavy atom. The van der Waals surface area contributed by atoms with Crippen LogP contribution in [0.5, 0.6) is 5.75 Å². The number of hydrogen-bond donors (Lipinski definition) is 1. The highest BCUT2D eigenvalue weighted by atomic mass is 35.5. The van der Waals surface area contributed by atoms with Gasteiger partial charge < -0.3 is 15.0 Å². The van der Waals surface area contributed by atoms with Crippen LogP contribution in [0.2, 0.25) is 10.0 Å². The molecular formula is C19H20Cl2N2O3. The van der Waals surface area contributed by atoms with Crippen molar-refractivity contribution in [2.45, 2.75) is 19.9 Å². The Hall–Kier alpha value is -2.24. The van der Waals surface area contributed by atoms with Crippen molar-refractivity contribution in [3.63, 3.8) is 0 Å². The van der Waals surface area contributed by atoms with Crippen LogP contribution in [0.3, 0.4) is 0 Å². The van der Waals surface area contributed by atoms with E-state index in [0.717, 1.165) is 5.56 Å². The van der Waals surface area contributed by atoms with Crippen molar-refractivity contribution in [2.75, 3.05) is 18.6 Å². The SMILES string of the molecule is COc1ccccc1CNC(=O)CCN(C(C)=O)c1ccc(Cl)c(Cl)c1. The van der Waals surface area contributed by atoms with Gasteiger partial charge in [0.15, 0.2) is 0 Å². The summed E-state index contributed by atoms with van der Waals surface area (Å²) in [5.41, 5.74) is 1.49. The van der Waals surface area contributed by atoms with Gasteiger partial charge in [-0.05, 0) is 24.3 Å². The maximum absolute atomic E-state index is 12.2. The third kappa shape index (κ3) is 5.38. The monoisotopic (exact) mass is 394 g/mol. The van der Waals surface area contributed by atoms with Crippen LogP contribution in [-0.4, -0.2) is 25.5 Å². The second-order valence-corrected chi connectivity index (χ2v) is 6.42. The minimum atomic E-state index is -0.180. The normalized spacial score (nSPS) is 10.3. The molecule has 2 aromatic carbocycles. The summed E-state index contributed by atoms with van der Waals surface area (Å²) in [5.74, 6) is 0.372. The first-order valence-corrected chi connectivity index (χ1v) is 8.79. The first-order valence-electron chi connectivity index (χ1n) is 8.04. The van der Waals surface area contributed by atoms with E-state index >= 15 is 0 Å². The molecule has 0 unspecified atom stereocenters. The summed E-state index contributed by atoms with van der Waals surface area (Å²) < 4.78 is 5.26. The van der Waals surface area contributed by atoms with Gasteiger partial charge in [-0.15, -0.1) is 0 Å². The van der Waals surface area contributed by atoms with Gasteiger partial charge in [-0.2, -0.15) is 0 Å². The van der Waals surface area contributed by atoms with E-state index in [1.807, 2.05) is 24.3 Å². The molecule has 7 heteroatoms. The fourth-order valence-electron chi connectivity index (χ4n) is 2.47. The standard InChI is InChI=1S/C19H20Cl2N2O3/c1-13(24)23(15-7-8-16(20)17(21)11-15)10-9-19(25)22-12-14-5-3-4-6-18(14)26-2/h3-8,11H,9-10,12H2,1-2H3,(H,22,25). The summed E-state index contributed by atoms with van der Waals surface area (Å²) in [4.78, 5) is 25.6. The number of amides is 2. The lowest BCUT2D eigenvalue weighted by molar-refractivity contribution is -0.121. The zero-order chi connectivity index (χ0) is 19.1. The molecule has 2 amide bonds. The summed E-state index contributed by atoms with van der Waals surface area (Å²) in [7, 11) is 1.59. The molecule has 0 saturated heterocycles. The molecule has 5 nitrogen and oxygen atoms in total. The number of carbonyl (C=O) groups excluding carboxylic acids is 2. The lowest BCUT2D eigenvalue weighted by Gasteiger charge is -2.21. The number of carbonyl (C=O) groups is 2. The Balaban J connectivity index is 1.95. The van der Waals surface area contributed by atoms with E-state index < -0.39 is 0 Å². The second-order valence-electron chi connectivity index (χ2n) is 5.61. The summed E-state index contributed by atoms with van der Waals surface area (Å²) in [5, 5.41) is 3.60. The zero-order valence-electron chi connectivity index (χ0n) is 14.6. The summed E-state index contributed by atoms with van der Waals surface area (Å²) >= 11 is 11.9. The van der Waals surface area contributed by atoms with E-state index in [4.69, 9.17) is 27.9 Å². The molecular weight excluding hydrogens is 375 g/mol. The number of rotatable bonds is 7. The van der Waals surface area contributed by atoms with E-state index in [0.29, 0.717) is 28.0 Å². The fourth-order valence-corrected chi connectivity index (χ4v) is 2.76. The maximum Gasteiger partial charge on any atom is 0.223 e. The van der Waals surface area contributed by atoms with Crippen LogP contribution in [0, 0.1) is 0 Å². The number of ether oxygens (including phenoxy) is 1. The number of hydrogen-bond acceptors (Lipinski definition) is 3. The molecule has 0 spiro atoms. The van der Waals surface area contributed by atoms with Crippen molar-refractivity contribution < 1.29 is 14.3 Å². The summed E-state index contributed by atoms with van der Waals surface area (Å²) in [6, 6.07) is 12.4. The molecule has 0 aliphatic carbocycles. The van der Waals surface area contributed by atoms with Crippen molar-refractivity contribution in [1.82, 2.24) is 5.32 Å². The summed E-state index contributed by atoms with van der Waals surface area (Å²) in [6.07, 6.45) is 0.162. The molecule has 0 radical (unpaired) electrons. The largest absolute Gasteiger partial charge is 0.496 e. The molecule has 2 rings (SSSR count). The van der Waals surface area contributed by atoms with Gasteiger partial charge in [-0.25, -0.2) is 0 Å². The summed E-state index contributed by atoms with van der Waals surface area (Å²) in [6.45, 7) is 2.04. The molecule has 26 heavy (non-hydrogen) atoms. The van der Waals surface area contributed by atoms with Gasteiger partial charge in [0.1, 0.15) is 5.75 Å². The number of halogens is 2. The van der Waals surface area contributed by atoms with Gasteiger partial charge in [0.25, 0.3) is 0 Å². The second kappa shape index (κ2) is 9.46. The van der Waals surface area contributed by atoms with E-state index in [-0.39, 0.29) is 24.8 Å². The number of methoxy groups -OCH3 is 1. The molecule has 0 atom stereocenters. The van der Waals surface area contributed by atoms with Crippen LogP contribution in [-0.2, 0) is 16.1 Å². The van der Waals surface area contributed by atoms with Crippen LogP contribution in [0.4, 0.5) is 5.69 Å². The van der Waals surface area contributed by atoms with Crippen molar-refractivity contribution in [3.8, 4) is 5.75 Å². The van der Waals surface area contributed by atoms with E-state index in [1.54, 1.807) is 25.3 Å². The quantitative estimate of drug-likeness (QED) is 0.769. The average molecular weight is 395 g/mol. The maximum atomic E-state index is 12.2. The van der Waals surface area contributed by atoms with Crippen LogP contribution >= 0.6 is 23.2 Å². The molecule has 138 valence electrons. The third-order valence-electron chi connectivity index (χ3n) is 3.83. The molecule has 0 fully saturated rings. The highest BCUT2D eigenvalue weighted by Crippen LogP contribution is 2.27. The van der Waals surface area contributed by atoms with Crippen molar-refractivity contribution in [1.29, 1.82) is 0 Å². The van der Waals surface area contributed by atoms with Crippen molar-refractivity contribution >= 4 is 40.7 Å². The number of anilines is 1. The molecule has 0 aromatic heterocycles. The Kier molecular flexibility index (Phi) is 7.30. The molecule has 0 saturated carbocycles. The fraction of sp³-hybridized carbons (Fsp3) is 0.263. The number of nitrogens with zero attached hydrogens (tertiary/aromatic N) is 1. The first-order chi connectivity index (χ1) is 12.4. The van der Waals surface area contributed by atoms with Crippen LogP contribution in [0.25, 0.3) is 0 Å². The van der Waals surface area contributed by atoms with Gasteiger partial charge in [0, 0.05) is 37.7 Å². The van der Waals surface area contributed by atoms with Crippen LogP contribution in [0.15, 0.2) is 42.5 Å². The molecule has 0 aliphatic heterocycles. The minimum Gasteiger partial charge on any atom is -0.496 e. The van der Waals surface area contributed by atoms with Crippen LogP contribution in [0.1, 0.15) is 18.9 Å². The van der Waals surface area contributed by atoms with Crippen LogP contribution < -0.4 is 15.0 Å². The number of benzene rings is 2. The number of para-hydroxylation sites is 1. The van der Waals surface area contributed by atoms with E-state index in [1.165, 1.54) is 11.8 Å².